The van der Waals surface area contributed by atoms with Gasteiger partial charge in [-0.2, -0.15) is 0 Å². The van der Waals surface area contributed by atoms with Gasteiger partial charge in [0.05, 0.1) is 9.47 Å². The van der Waals surface area contributed by atoms with Gasteiger partial charge < -0.3 is 14.1 Å². The van der Waals surface area contributed by atoms with Gasteiger partial charge in [0.1, 0.15) is 5.76 Å². The smallest absolute Gasteiger partial charge is 0.322 e. The van der Waals surface area contributed by atoms with Gasteiger partial charge >= 0.3 is 8.05 Å². The Morgan fingerprint density at radius 2 is 2.14 bits per heavy atom. The fourth-order valence-corrected chi connectivity index (χ4v) is 3.35. The third-order valence-corrected chi connectivity index (χ3v) is 4.56. The third kappa shape index (κ3) is 3.74. The van der Waals surface area contributed by atoms with Crippen LogP contribution in [-0.4, -0.2) is 56.0 Å². The lowest BCUT2D eigenvalue weighted by Gasteiger charge is -2.37. The molecule has 7 heteroatoms. The van der Waals surface area contributed by atoms with Gasteiger partial charge in [0.15, 0.2) is 5.76 Å². The predicted octanol–water partition coefficient (Wildman–Crippen LogP) is 1.01. The molecule has 0 radical (unpaired) electrons. The number of amides is 1. The number of allylic oxidation sites excluding steroid dienone is 1. The molecular weight excluding hydrogens is 298 g/mol. The normalized spacial score (nSPS) is 23.2. The van der Waals surface area contributed by atoms with Crippen LogP contribution in [0.4, 0.5) is 0 Å². The van der Waals surface area contributed by atoms with E-state index in [9.17, 15) is 4.79 Å². The lowest BCUT2D eigenvalue weighted by molar-refractivity contribution is -0.129. The van der Waals surface area contributed by atoms with Crippen molar-refractivity contribution >= 4 is 23.4 Å². The summed E-state index contributed by atoms with van der Waals surface area (Å²) in [5.74, 6) is 1.03. The summed E-state index contributed by atoms with van der Waals surface area (Å²) >= 11 is 0. The molecule has 120 valence electrons. The Bertz CT molecular complexity index is 507. The van der Waals surface area contributed by atoms with Gasteiger partial charge in [0.25, 0.3) is 5.91 Å². The van der Waals surface area contributed by atoms with Crippen molar-refractivity contribution < 1.29 is 14.0 Å². The highest BCUT2D eigenvalue weighted by molar-refractivity contribution is 7.10. The summed E-state index contributed by atoms with van der Waals surface area (Å²) in [6, 6.07) is 0.512. The van der Waals surface area contributed by atoms with Crippen molar-refractivity contribution in [2.45, 2.75) is 25.8 Å². The zero-order valence-electron chi connectivity index (χ0n) is 13.4. The van der Waals surface area contributed by atoms with E-state index >= 15 is 0 Å². The number of carbonyl (C=O) groups excluding carboxylic acids is 1. The summed E-state index contributed by atoms with van der Waals surface area (Å²) in [5, 5.41) is 0. The third-order valence-electron chi connectivity index (χ3n) is 4.31. The largest absolute Gasteiger partial charge is 0.565 e. The van der Waals surface area contributed by atoms with Crippen molar-refractivity contribution in [3.8, 4) is 0 Å². The van der Waals surface area contributed by atoms with Gasteiger partial charge in [-0.05, 0) is 38.5 Å². The van der Waals surface area contributed by atoms with E-state index in [0.717, 1.165) is 26.2 Å². The molecule has 1 amide bonds. The first kappa shape index (κ1) is 17.1. The molecule has 0 aromatic rings. The van der Waals surface area contributed by atoms with Crippen LogP contribution in [0.3, 0.4) is 0 Å². The van der Waals surface area contributed by atoms with Crippen LogP contribution in [0.5, 0.6) is 0 Å². The Morgan fingerprint density at radius 3 is 2.77 bits per heavy atom. The van der Waals surface area contributed by atoms with Crippen molar-refractivity contribution in [1.82, 2.24) is 9.80 Å². The minimum Gasteiger partial charge on any atom is -0.565 e. The highest BCUT2D eigenvalue weighted by atomic mass is 31.0. The van der Waals surface area contributed by atoms with Gasteiger partial charge in [-0.3, -0.25) is 9.69 Å². The molecule has 0 aliphatic carbocycles. The first-order valence-electron chi connectivity index (χ1n) is 7.62. The molecule has 0 spiro atoms. The Balaban J connectivity index is 2.03. The van der Waals surface area contributed by atoms with Crippen LogP contribution in [0.2, 0.25) is 0 Å². The van der Waals surface area contributed by atoms with Crippen molar-refractivity contribution in [3.63, 3.8) is 0 Å². The number of rotatable bonds is 5. The predicted molar refractivity (Wildman–Crippen MR) is 92.6 cm³/mol. The Labute approximate surface area is 135 Å². The molecule has 2 fully saturated rings. The van der Waals surface area contributed by atoms with Crippen LogP contribution in [0.1, 0.15) is 19.8 Å². The van der Waals surface area contributed by atoms with Crippen LogP contribution < -0.4 is 0 Å². The molecule has 2 aliphatic rings. The quantitative estimate of drug-likeness (QED) is 0.249. The first-order chi connectivity index (χ1) is 10.6. The van der Waals surface area contributed by atoms with Crippen molar-refractivity contribution in [2.75, 3.05) is 26.2 Å². The maximum Gasteiger partial charge on any atom is 0.322 e. The Hall–Kier alpha value is -1.26. The van der Waals surface area contributed by atoms with Gasteiger partial charge in [0, 0.05) is 31.2 Å². The molecule has 5 nitrogen and oxygen atoms in total. The van der Waals surface area contributed by atoms with E-state index in [2.05, 4.69) is 20.9 Å². The average Bonchev–Trinajstić information content (AvgIpc) is 3.01. The first-order valence-corrected chi connectivity index (χ1v) is 8.09. The number of nitrogens with zero attached hydrogens (tertiary/aromatic N) is 2. The molecule has 0 N–H and O–H groups in total. The summed E-state index contributed by atoms with van der Waals surface area (Å²) in [6.07, 6.45) is 5.83. The molecule has 2 heterocycles. The summed E-state index contributed by atoms with van der Waals surface area (Å²) < 4.78 is 10.4. The SMILES string of the molecule is BOC(=C/C(=C)C(=O)N1CCN2CCC[C@H]2C1)/C(=C\C)OP. The van der Waals surface area contributed by atoms with Crippen LogP contribution in [0.15, 0.2) is 35.8 Å². The fraction of sp³-hybridized carbons (Fsp3) is 0.533. The molecule has 22 heavy (non-hydrogen) atoms. The monoisotopic (exact) mass is 322 g/mol. The van der Waals surface area contributed by atoms with Crippen molar-refractivity contribution in [3.05, 3.63) is 35.8 Å². The lowest BCUT2D eigenvalue weighted by atomic mass is 10.1. The highest BCUT2D eigenvalue weighted by Crippen LogP contribution is 2.23. The van der Waals surface area contributed by atoms with E-state index in [1.54, 1.807) is 20.2 Å². The highest BCUT2D eigenvalue weighted by Gasteiger charge is 2.32. The summed E-state index contributed by atoms with van der Waals surface area (Å²) in [7, 11) is 3.73. The average molecular weight is 322 g/mol. The number of carbonyl (C=O) groups is 1. The van der Waals surface area contributed by atoms with Gasteiger partial charge in [-0.1, -0.05) is 6.58 Å². The van der Waals surface area contributed by atoms with Crippen LogP contribution >= 0.6 is 9.47 Å². The molecule has 2 aliphatic heterocycles. The summed E-state index contributed by atoms with van der Waals surface area (Å²) in [4.78, 5) is 17.0. The van der Waals surface area contributed by atoms with Crippen LogP contribution in [0.25, 0.3) is 0 Å². The summed E-state index contributed by atoms with van der Waals surface area (Å²) in [5.41, 5.74) is 0.421. The summed E-state index contributed by atoms with van der Waals surface area (Å²) in [6.45, 7) is 9.43. The molecule has 0 saturated carbocycles. The van der Waals surface area contributed by atoms with Gasteiger partial charge in [-0.15, -0.1) is 0 Å². The zero-order valence-corrected chi connectivity index (χ0v) is 14.5. The van der Waals surface area contributed by atoms with Crippen LogP contribution in [0, 0.1) is 0 Å². The van der Waals surface area contributed by atoms with E-state index in [4.69, 9.17) is 9.18 Å². The van der Waals surface area contributed by atoms with Crippen LogP contribution in [-0.2, 0) is 14.0 Å². The maximum absolute atomic E-state index is 12.6. The Kier molecular flexibility index (Phi) is 6.10. The van der Waals surface area contributed by atoms with E-state index in [1.807, 2.05) is 11.8 Å². The lowest BCUT2D eigenvalue weighted by Crippen LogP contribution is -2.52. The second-order valence-corrected chi connectivity index (χ2v) is 5.83. The van der Waals surface area contributed by atoms with E-state index in [1.165, 1.54) is 12.8 Å². The molecule has 0 bridgehead atoms. The second kappa shape index (κ2) is 7.84. The molecule has 0 aromatic carbocycles. The van der Waals surface area contributed by atoms with Crippen molar-refractivity contribution in [1.29, 1.82) is 0 Å². The van der Waals surface area contributed by atoms with E-state index < -0.39 is 0 Å². The molecule has 0 aromatic heterocycles. The number of hydrogen-bond acceptors (Lipinski definition) is 4. The number of piperazine rings is 1. The molecule has 2 saturated heterocycles. The Morgan fingerprint density at radius 1 is 1.36 bits per heavy atom. The standard InChI is InChI=1S/C15H24BN2O3P/c1-3-13(21-22)14(20-16)9-11(2)15(19)18-8-7-17-6-4-5-12(17)10-18/h3,9,12H,2,4-8,10,16,22H2,1H3/b13-3+,14-9+/t12-/m0/s1. The zero-order chi connectivity index (χ0) is 16.1. The van der Waals surface area contributed by atoms with E-state index in [0.29, 0.717) is 23.1 Å². The second-order valence-electron chi connectivity index (χ2n) is 5.59. The molecule has 1 unspecified atom stereocenters. The number of hydrogen-bond donors (Lipinski definition) is 0. The molecular formula is C15H24BN2O3P. The van der Waals surface area contributed by atoms with Crippen molar-refractivity contribution in [2.24, 2.45) is 0 Å². The van der Waals surface area contributed by atoms with Gasteiger partial charge in [-0.25, -0.2) is 0 Å². The number of fused-ring (bicyclic) bond motifs is 1. The van der Waals surface area contributed by atoms with Gasteiger partial charge in [0.2, 0.25) is 0 Å². The molecule has 2 rings (SSSR count). The van der Waals surface area contributed by atoms with E-state index in [-0.39, 0.29) is 5.91 Å². The minimum absolute atomic E-state index is 0.0275. The molecule has 2 atom stereocenters. The minimum atomic E-state index is -0.0275. The topological polar surface area (TPSA) is 42.0 Å². The maximum atomic E-state index is 12.6. The fourth-order valence-electron chi connectivity index (χ4n) is 3.10.